The van der Waals surface area contributed by atoms with Gasteiger partial charge < -0.3 is 10.1 Å². The quantitative estimate of drug-likeness (QED) is 0.505. The average Bonchev–Trinajstić information content (AvgIpc) is 3.20. The molecule has 35 heavy (non-hydrogen) atoms. The largest absolute Gasteiger partial charge is 0.441 e. The van der Waals surface area contributed by atoms with Crippen molar-refractivity contribution in [1.82, 2.24) is 20.0 Å². The number of nitrogens with zero attached hydrogens (tertiary/aromatic N) is 4. The molecule has 1 aliphatic carbocycles. The van der Waals surface area contributed by atoms with E-state index >= 15 is 0 Å². The molecular weight excluding hydrogens is 451 g/mol. The SMILES string of the molecule is Cc1nc(-c2nnn(C)c2NC(=O)O[C@@H](C)c2ccccc2F)ccc1NC(=O)C1CCCCC1. The van der Waals surface area contributed by atoms with Crippen molar-refractivity contribution in [3.8, 4) is 11.4 Å². The lowest BCUT2D eigenvalue weighted by Crippen LogP contribution is -2.25. The average molecular weight is 481 g/mol. The van der Waals surface area contributed by atoms with Crippen molar-refractivity contribution >= 4 is 23.5 Å². The van der Waals surface area contributed by atoms with Gasteiger partial charge in [0.2, 0.25) is 5.91 Å². The molecule has 0 unspecified atom stereocenters. The van der Waals surface area contributed by atoms with Gasteiger partial charge in [0, 0.05) is 18.5 Å². The highest BCUT2D eigenvalue weighted by Gasteiger charge is 2.23. The molecule has 0 aliphatic heterocycles. The van der Waals surface area contributed by atoms with Crippen LogP contribution in [-0.2, 0) is 16.6 Å². The molecule has 2 aromatic heterocycles. The van der Waals surface area contributed by atoms with Gasteiger partial charge in [0.05, 0.1) is 17.1 Å². The first-order valence-electron chi connectivity index (χ1n) is 11.7. The second-order valence-electron chi connectivity index (χ2n) is 8.76. The number of amides is 2. The molecule has 0 radical (unpaired) electrons. The first kappa shape index (κ1) is 24.3. The number of carbonyl (C=O) groups is 2. The van der Waals surface area contributed by atoms with Crippen molar-refractivity contribution in [2.75, 3.05) is 10.6 Å². The summed E-state index contributed by atoms with van der Waals surface area (Å²) >= 11 is 0. The highest BCUT2D eigenvalue weighted by molar-refractivity contribution is 5.93. The van der Waals surface area contributed by atoms with Crippen molar-refractivity contribution < 1.29 is 18.7 Å². The molecule has 10 heteroatoms. The zero-order chi connectivity index (χ0) is 24.9. The third-order valence-electron chi connectivity index (χ3n) is 6.24. The molecule has 1 atom stereocenters. The highest BCUT2D eigenvalue weighted by atomic mass is 19.1. The van der Waals surface area contributed by atoms with Gasteiger partial charge in [-0.15, -0.1) is 5.10 Å². The molecule has 2 amide bonds. The van der Waals surface area contributed by atoms with Gasteiger partial charge in [0.1, 0.15) is 11.9 Å². The van der Waals surface area contributed by atoms with Crippen LogP contribution in [0.15, 0.2) is 36.4 Å². The van der Waals surface area contributed by atoms with Crippen LogP contribution in [0.2, 0.25) is 0 Å². The van der Waals surface area contributed by atoms with Crippen molar-refractivity contribution in [3.05, 3.63) is 53.5 Å². The van der Waals surface area contributed by atoms with Gasteiger partial charge in [-0.05, 0) is 44.9 Å². The van der Waals surface area contributed by atoms with Crippen molar-refractivity contribution in [1.29, 1.82) is 0 Å². The predicted octanol–water partition coefficient (Wildman–Crippen LogP) is 5.15. The Kier molecular flexibility index (Phi) is 7.38. The molecule has 1 aromatic carbocycles. The van der Waals surface area contributed by atoms with E-state index in [4.69, 9.17) is 4.74 Å². The minimum atomic E-state index is -0.798. The maximum absolute atomic E-state index is 14.0. The highest BCUT2D eigenvalue weighted by Crippen LogP contribution is 2.29. The molecule has 2 N–H and O–H groups in total. The lowest BCUT2D eigenvalue weighted by atomic mass is 9.88. The maximum atomic E-state index is 14.0. The molecule has 1 saturated carbocycles. The van der Waals surface area contributed by atoms with Crippen LogP contribution in [0.4, 0.5) is 20.7 Å². The molecular formula is C25H29FN6O3. The van der Waals surface area contributed by atoms with Gasteiger partial charge in [0.25, 0.3) is 0 Å². The number of rotatable bonds is 6. The van der Waals surface area contributed by atoms with Crippen LogP contribution < -0.4 is 10.6 Å². The van der Waals surface area contributed by atoms with Crippen LogP contribution in [-0.4, -0.2) is 32.0 Å². The second-order valence-corrected chi connectivity index (χ2v) is 8.76. The van der Waals surface area contributed by atoms with Crippen LogP contribution in [0.5, 0.6) is 0 Å². The molecule has 1 fully saturated rings. The normalized spacial score (nSPS) is 14.9. The lowest BCUT2D eigenvalue weighted by Gasteiger charge is -2.21. The number of benzene rings is 1. The van der Waals surface area contributed by atoms with E-state index in [-0.39, 0.29) is 23.2 Å². The second kappa shape index (κ2) is 10.6. The van der Waals surface area contributed by atoms with E-state index in [1.165, 1.54) is 17.2 Å². The number of pyridine rings is 1. The number of ether oxygens (including phenoxy) is 1. The Hall–Kier alpha value is -3.82. The summed E-state index contributed by atoms with van der Waals surface area (Å²) in [4.78, 5) is 29.7. The third kappa shape index (κ3) is 5.64. The molecule has 1 aliphatic rings. The number of aromatic nitrogens is 4. The lowest BCUT2D eigenvalue weighted by molar-refractivity contribution is -0.120. The summed E-state index contributed by atoms with van der Waals surface area (Å²) in [5.41, 5.74) is 2.36. The van der Waals surface area contributed by atoms with Gasteiger partial charge in [0.15, 0.2) is 11.5 Å². The number of anilines is 2. The Morgan fingerprint density at radius 1 is 1.11 bits per heavy atom. The molecule has 0 spiro atoms. The summed E-state index contributed by atoms with van der Waals surface area (Å²) in [6.07, 6.45) is 3.60. The van der Waals surface area contributed by atoms with Crippen molar-refractivity contribution in [2.24, 2.45) is 13.0 Å². The van der Waals surface area contributed by atoms with Crippen LogP contribution >= 0.6 is 0 Å². The number of hydrogen-bond donors (Lipinski definition) is 2. The van der Waals surface area contributed by atoms with E-state index in [0.717, 1.165) is 25.7 Å². The molecule has 0 bridgehead atoms. The van der Waals surface area contributed by atoms with E-state index < -0.39 is 18.0 Å². The topological polar surface area (TPSA) is 111 Å². The zero-order valence-electron chi connectivity index (χ0n) is 20.0. The summed E-state index contributed by atoms with van der Waals surface area (Å²) in [7, 11) is 1.62. The summed E-state index contributed by atoms with van der Waals surface area (Å²) in [5.74, 6) is -0.111. The number of carbonyl (C=O) groups excluding carboxylic acids is 2. The fraction of sp³-hybridized carbons (Fsp3) is 0.400. The van der Waals surface area contributed by atoms with Gasteiger partial charge in [-0.2, -0.15) is 0 Å². The number of hydrogen-bond acceptors (Lipinski definition) is 6. The van der Waals surface area contributed by atoms with E-state index in [1.54, 1.807) is 51.2 Å². The molecule has 4 rings (SSSR count). The Balaban J connectivity index is 1.46. The summed E-state index contributed by atoms with van der Waals surface area (Å²) in [6, 6.07) is 9.61. The van der Waals surface area contributed by atoms with Crippen LogP contribution in [0.1, 0.15) is 56.4 Å². The maximum Gasteiger partial charge on any atom is 0.413 e. The fourth-order valence-corrected chi connectivity index (χ4v) is 4.25. The Labute approximate surface area is 203 Å². The number of halogens is 1. The smallest absolute Gasteiger partial charge is 0.413 e. The predicted molar refractivity (Wildman–Crippen MR) is 129 cm³/mol. The summed E-state index contributed by atoms with van der Waals surface area (Å²) in [5, 5.41) is 13.7. The number of aryl methyl sites for hydroxylation is 2. The summed E-state index contributed by atoms with van der Waals surface area (Å²) in [6.45, 7) is 3.39. The first-order chi connectivity index (χ1) is 16.8. The fourth-order valence-electron chi connectivity index (χ4n) is 4.25. The van der Waals surface area contributed by atoms with Gasteiger partial charge in [-0.25, -0.2) is 18.9 Å². The Morgan fingerprint density at radius 2 is 1.86 bits per heavy atom. The van der Waals surface area contributed by atoms with E-state index in [1.807, 2.05) is 0 Å². The molecule has 9 nitrogen and oxygen atoms in total. The minimum Gasteiger partial charge on any atom is -0.441 e. The van der Waals surface area contributed by atoms with Crippen LogP contribution in [0, 0.1) is 18.7 Å². The monoisotopic (exact) mass is 480 g/mol. The molecule has 184 valence electrons. The number of nitrogens with one attached hydrogen (secondary N) is 2. The van der Waals surface area contributed by atoms with E-state index in [0.29, 0.717) is 22.8 Å². The van der Waals surface area contributed by atoms with Crippen molar-refractivity contribution in [2.45, 2.75) is 52.1 Å². The molecule has 2 heterocycles. The third-order valence-corrected chi connectivity index (χ3v) is 6.24. The summed E-state index contributed by atoms with van der Waals surface area (Å²) < 4.78 is 20.7. The Morgan fingerprint density at radius 3 is 2.57 bits per heavy atom. The standard InChI is InChI=1S/C25H29FN6O3/c1-15-20(28-24(33)17-9-5-4-6-10-17)13-14-21(27-15)22-23(32(3)31-30-22)29-25(34)35-16(2)18-11-7-8-12-19(18)26/h7-8,11-14,16-17H,4-6,9-10H2,1-3H3,(H,28,33)(H,29,34)/t16-/m0/s1. The van der Waals surface area contributed by atoms with Crippen LogP contribution in [0.3, 0.4) is 0 Å². The molecule has 3 aromatic rings. The van der Waals surface area contributed by atoms with Gasteiger partial charge >= 0.3 is 6.09 Å². The Bertz CT molecular complexity index is 1220. The first-order valence-corrected chi connectivity index (χ1v) is 11.7. The van der Waals surface area contributed by atoms with E-state index in [2.05, 4.69) is 25.9 Å². The van der Waals surface area contributed by atoms with Gasteiger partial charge in [-0.3, -0.25) is 10.1 Å². The van der Waals surface area contributed by atoms with E-state index in [9.17, 15) is 14.0 Å². The minimum absolute atomic E-state index is 0.0240. The molecule has 0 saturated heterocycles. The van der Waals surface area contributed by atoms with Gasteiger partial charge in [-0.1, -0.05) is 42.7 Å². The zero-order valence-corrected chi connectivity index (χ0v) is 20.0. The van der Waals surface area contributed by atoms with Crippen LogP contribution in [0.25, 0.3) is 11.4 Å². The van der Waals surface area contributed by atoms with Crippen molar-refractivity contribution in [3.63, 3.8) is 0 Å².